The largest absolute Gasteiger partial charge is 0.344 e. The highest BCUT2D eigenvalue weighted by atomic mass is 16.2. The van der Waals surface area contributed by atoms with Crippen molar-refractivity contribution in [3.63, 3.8) is 0 Å². The van der Waals surface area contributed by atoms with Crippen molar-refractivity contribution < 1.29 is 4.79 Å². The number of benzene rings is 3. The number of hydrogen-bond acceptors (Lipinski definition) is 3. The number of nitrogens with zero attached hydrogens (tertiary/aromatic N) is 3. The van der Waals surface area contributed by atoms with Gasteiger partial charge in [-0.3, -0.25) is 4.79 Å². The maximum atomic E-state index is 12.7. The van der Waals surface area contributed by atoms with Crippen molar-refractivity contribution in [2.24, 2.45) is 5.10 Å². The van der Waals surface area contributed by atoms with E-state index in [0.29, 0.717) is 5.56 Å². The number of carbonyl (C=O) groups excluding carboxylic acids is 1. The van der Waals surface area contributed by atoms with Crippen LogP contribution in [-0.4, -0.2) is 26.7 Å². The number of carbonyl (C=O) groups is 1. The van der Waals surface area contributed by atoms with Crippen LogP contribution in [0, 0.1) is 6.92 Å². The predicted octanol–water partition coefficient (Wildman–Crippen LogP) is 5.28. The maximum absolute atomic E-state index is 12.7. The highest BCUT2D eigenvalue weighted by Gasteiger charge is 2.12. The monoisotopic (exact) mass is 421 g/mol. The lowest BCUT2D eigenvalue weighted by Crippen LogP contribution is -2.17. The van der Waals surface area contributed by atoms with Gasteiger partial charge in [-0.25, -0.2) is 10.4 Å². The minimum atomic E-state index is -0.268. The molecule has 32 heavy (non-hydrogen) atoms. The molecule has 0 bridgehead atoms. The molecule has 158 valence electrons. The SMILES string of the molecule is CCn1c(C)c(/C=N/NC(=O)c2ccc3nc(-c4ccccc4)[nH]c3c2)c2ccccc21. The van der Waals surface area contributed by atoms with Crippen molar-refractivity contribution in [3.8, 4) is 11.4 Å². The van der Waals surface area contributed by atoms with Gasteiger partial charge in [0, 0.05) is 39.8 Å². The fourth-order valence-corrected chi connectivity index (χ4v) is 4.13. The average Bonchev–Trinajstić information content (AvgIpc) is 3.37. The highest BCUT2D eigenvalue weighted by molar-refractivity contribution is 6.02. The Morgan fingerprint density at radius 1 is 1.09 bits per heavy atom. The van der Waals surface area contributed by atoms with Crippen molar-refractivity contribution in [1.29, 1.82) is 0 Å². The van der Waals surface area contributed by atoms with Crippen LogP contribution >= 0.6 is 0 Å². The molecule has 0 fully saturated rings. The van der Waals surface area contributed by atoms with Crippen LogP contribution in [0.4, 0.5) is 0 Å². The lowest BCUT2D eigenvalue weighted by molar-refractivity contribution is 0.0955. The fourth-order valence-electron chi connectivity index (χ4n) is 4.13. The summed E-state index contributed by atoms with van der Waals surface area (Å²) in [6, 6.07) is 23.5. The van der Waals surface area contributed by atoms with Crippen LogP contribution in [0.25, 0.3) is 33.3 Å². The number of rotatable bonds is 5. The summed E-state index contributed by atoms with van der Waals surface area (Å²) in [6.07, 6.45) is 1.73. The van der Waals surface area contributed by atoms with E-state index in [4.69, 9.17) is 0 Å². The molecule has 6 heteroatoms. The Labute approximate surface area is 185 Å². The van der Waals surface area contributed by atoms with Gasteiger partial charge < -0.3 is 9.55 Å². The number of fused-ring (bicyclic) bond motifs is 2. The van der Waals surface area contributed by atoms with E-state index in [2.05, 4.69) is 51.0 Å². The van der Waals surface area contributed by atoms with Gasteiger partial charge in [0.25, 0.3) is 5.91 Å². The van der Waals surface area contributed by atoms with Gasteiger partial charge in [-0.05, 0) is 38.1 Å². The molecule has 0 saturated heterocycles. The fraction of sp³-hybridized carbons (Fsp3) is 0.115. The molecule has 1 amide bonds. The van der Waals surface area contributed by atoms with Gasteiger partial charge >= 0.3 is 0 Å². The molecule has 2 N–H and O–H groups in total. The molecule has 0 atom stereocenters. The minimum absolute atomic E-state index is 0.268. The van der Waals surface area contributed by atoms with E-state index in [1.165, 1.54) is 5.52 Å². The Bertz CT molecular complexity index is 1460. The van der Waals surface area contributed by atoms with Crippen molar-refractivity contribution in [2.45, 2.75) is 20.4 Å². The zero-order chi connectivity index (χ0) is 22.1. The van der Waals surface area contributed by atoms with Crippen LogP contribution < -0.4 is 5.43 Å². The molecule has 0 aliphatic heterocycles. The first-order valence-corrected chi connectivity index (χ1v) is 10.6. The smallest absolute Gasteiger partial charge is 0.271 e. The average molecular weight is 422 g/mol. The van der Waals surface area contributed by atoms with Crippen molar-refractivity contribution in [1.82, 2.24) is 20.0 Å². The van der Waals surface area contributed by atoms with Crippen LogP contribution in [0.1, 0.15) is 28.5 Å². The van der Waals surface area contributed by atoms with Crippen LogP contribution in [0.5, 0.6) is 0 Å². The Morgan fingerprint density at radius 2 is 1.88 bits per heavy atom. The summed E-state index contributed by atoms with van der Waals surface area (Å²) in [5, 5.41) is 5.37. The first-order chi connectivity index (χ1) is 15.7. The second-order valence-corrected chi connectivity index (χ2v) is 7.64. The van der Waals surface area contributed by atoms with Crippen molar-refractivity contribution in [3.05, 3.63) is 89.6 Å². The third-order valence-corrected chi connectivity index (χ3v) is 5.75. The van der Waals surface area contributed by atoms with Gasteiger partial charge in [0.15, 0.2) is 0 Å². The molecule has 3 aromatic carbocycles. The molecule has 0 radical (unpaired) electrons. The van der Waals surface area contributed by atoms with Crippen LogP contribution in [0.2, 0.25) is 0 Å². The Morgan fingerprint density at radius 3 is 2.69 bits per heavy atom. The quantitative estimate of drug-likeness (QED) is 0.299. The summed E-state index contributed by atoms with van der Waals surface area (Å²) >= 11 is 0. The van der Waals surface area contributed by atoms with E-state index in [1.807, 2.05) is 48.5 Å². The molecule has 2 heterocycles. The number of amides is 1. The lowest BCUT2D eigenvalue weighted by Gasteiger charge is -2.03. The number of hydrogen-bond donors (Lipinski definition) is 2. The molecule has 0 aliphatic rings. The summed E-state index contributed by atoms with van der Waals surface area (Å²) in [5.41, 5.74) is 9.10. The molecular formula is C26H23N5O. The third kappa shape index (κ3) is 3.46. The summed E-state index contributed by atoms with van der Waals surface area (Å²) < 4.78 is 2.25. The van der Waals surface area contributed by atoms with E-state index in [9.17, 15) is 4.79 Å². The number of para-hydroxylation sites is 1. The van der Waals surface area contributed by atoms with Gasteiger partial charge in [0.05, 0.1) is 17.2 Å². The number of H-pyrrole nitrogens is 1. The summed E-state index contributed by atoms with van der Waals surface area (Å²) in [4.78, 5) is 20.6. The van der Waals surface area contributed by atoms with Gasteiger partial charge in [-0.15, -0.1) is 0 Å². The maximum Gasteiger partial charge on any atom is 0.271 e. The van der Waals surface area contributed by atoms with Crippen molar-refractivity contribution in [2.75, 3.05) is 0 Å². The van der Waals surface area contributed by atoms with Gasteiger partial charge in [-0.2, -0.15) is 5.10 Å². The molecule has 0 unspecified atom stereocenters. The standard InChI is InChI=1S/C26H23N5O/c1-3-31-17(2)21(20-11-7-8-12-24(20)31)16-27-30-26(32)19-13-14-22-23(15-19)29-25(28-22)18-9-5-4-6-10-18/h4-16H,3H2,1-2H3,(H,28,29)(H,30,32)/b27-16+. The van der Waals surface area contributed by atoms with E-state index < -0.39 is 0 Å². The van der Waals surface area contributed by atoms with Gasteiger partial charge in [-0.1, -0.05) is 48.5 Å². The highest BCUT2D eigenvalue weighted by Crippen LogP contribution is 2.24. The van der Waals surface area contributed by atoms with E-state index in [0.717, 1.165) is 45.6 Å². The van der Waals surface area contributed by atoms with E-state index >= 15 is 0 Å². The van der Waals surface area contributed by atoms with Gasteiger partial charge in [0.1, 0.15) is 5.82 Å². The minimum Gasteiger partial charge on any atom is -0.344 e. The molecule has 0 saturated carbocycles. The van der Waals surface area contributed by atoms with Crippen LogP contribution in [0.15, 0.2) is 77.9 Å². The summed E-state index contributed by atoms with van der Waals surface area (Å²) in [5.74, 6) is 0.509. The third-order valence-electron chi connectivity index (χ3n) is 5.75. The number of imidazole rings is 1. The molecule has 6 nitrogen and oxygen atoms in total. The van der Waals surface area contributed by atoms with E-state index in [1.54, 1.807) is 18.3 Å². The Hall–Kier alpha value is -4.19. The van der Waals surface area contributed by atoms with Crippen LogP contribution in [0.3, 0.4) is 0 Å². The zero-order valence-electron chi connectivity index (χ0n) is 18.0. The number of nitrogens with one attached hydrogen (secondary N) is 2. The second kappa shape index (κ2) is 8.15. The summed E-state index contributed by atoms with van der Waals surface area (Å²) in [7, 11) is 0. The topological polar surface area (TPSA) is 75.1 Å². The zero-order valence-corrected chi connectivity index (χ0v) is 18.0. The predicted molar refractivity (Wildman–Crippen MR) is 129 cm³/mol. The Balaban J connectivity index is 1.38. The van der Waals surface area contributed by atoms with Gasteiger partial charge in [0.2, 0.25) is 0 Å². The molecule has 5 aromatic rings. The molecule has 2 aromatic heterocycles. The lowest BCUT2D eigenvalue weighted by atomic mass is 10.1. The molecular weight excluding hydrogens is 398 g/mol. The van der Waals surface area contributed by atoms with Crippen molar-refractivity contribution >= 4 is 34.1 Å². The second-order valence-electron chi connectivity index (χ2n) is 7.64. The van der Waals surface area contributed by atoms with E-state index in [-0.39, 0.29) is 5.91 Å². The molecule has 0 aliphatic carbocycles. The first kappa shape index (κ1) is 19.8. The summed E-state index contributed by atoms with van der Waals surface area (Å²) in [6.45, 7) is 5.07. The van der Waals surface area contributed by atoms with Crippen LogP contribution in [-0.2, 0) is 6.54 Å². The first-order valence-electron chi connectivity index (χ1n) is 10.6. The number of aromatic amines is 1. The molecule has 5 rings (SSSR count). The molecule has 0 spiro atoms. The number of aryl methyl sites for hydroxylation is 1. The normalized spacial score (nSPS) is 11.6. The number of hydrazone groups is 1. The Kier molecular flexibility index (Phi) is 5.03. The number of aromatic nitrogens is 3.